The van der Waals surface area contributed by atoms with Gasteiger partial charge >= 0.3 is 24.8 Å². The summed E-state index contributed by atoms with van der Waals surface area (Å²) >= 11 is 0. The zero-order chi connectivity index (χ0) is 6.73. The van der Waals surface area contributed by atoms with E-state index in [-0.39, 0.29) is 18.9 Å². The van der Waals surface area contributed by atoms with Gasteiger partial charge in [-0.2, -0.15) is 0 Å². The molecule has 50 valence electrons. The molecule has 0 aromatic heterocycles. The fourth-order valence-electron chi connectivity index (χ4n) is 0.206. The number of nitrogens with two attached hydrogens (primary N) is 1. The first-order chi connectivity index (χ1) is 3.55. The summed E-state index contributed by atoms with van der Waals surface area (Å²) in [5.74, 6) is -1.18. The minimum atomic E-state index is -1.18. The van der Waals surface area contributed by atoms with E-state index >= 15 is 0 Å². The van der Waals surface area contributed by atoms with E-state index in [1.54, 1.807) is 0 Å². The predicted molar refractivity (Wildman–Crippen MR) is 34.4 cm³/mol. The van der Waals surface area contributed by atoms with Crippen LogP contribution in [-0.4, -0.2) is 47.2 Å². The summed E-state index contributed by atoms with van der Waals surface area (Å²) in [4.78, 5) is 9.86. The maximum atomic E-state index is 9.86. The minimum absolute atomic E-state index is 0. The number of aliphatic hydroxyl groups excluding tert-OH is 1. The first-order valence-corrected chi connectivity index (χ1v) is 2.22. The molecular weight excluding hydrogens is 117 g/mol. The number of hydrogen-bond acceptors (Lipinski definition) is 3. The van der Waals surface area contributed by atoms with Gasteiger partial charge in [-0.15, -0.1) is 0 Å². The standard InChI is InChI=1S/C4H9NO3.Li.H/c1-2(6)3(5)4(7)8;;/h2-3,6H,5H2,1H3,(H,7,8);;/t2-,3+;;/m1../s1. The second-order valence-electron chi connectivity index (χ2n) is 1.60. The van der Waals surface area contributed by atoms with Crippen molar-refractivity contribution >= 4 is 24.8 Å². The van der Waals surface area contributed by atoms with Crippen LogP contribution in [0.5, 0.6) is 0 Å². The third-order valence-electron chi connectivity index (χ3n) is 0.805. The Kier molecular flexibility index (Phi) is 6.30. The van der Waals surface area contributed by atoms with Gasteiger partial charge in [0.05, 0.1) is 6.10 Å². The Morgan fingerprint density at radius 2 is 2.00 bits per heavy atom. The van der Waals surface area contributed by atoms with E-state index in [2.05, 4.69) is 0 Å². The third kappa shape index (κ3) is 4.49. The SMILES string of the molecule is C[C@@H](O)[C@H](N)C(=O)O.[LiH]. The summed E-state index contributed by atoms with van der Waals surface area (Å²) in [6.07, 6.45) is -0.979. The summed E-state index contributed by atoms with van der Waals surface area (Å²) in [5.41, 5.74) is 4.91. The Morgan fingerprint density at radius 3 is 2.00 bits per heavy atom. The summed E-state index contributed by atoms with van der Waals surface area (Å²) < 4.78 is 0. The molecule has 0 radical (unpaired) electrons. The van der Waals surface area contributed by atoms with E-state index in [4.69, 9.17) is 15.9 Å². The van der Waals surface area contributed by atoms with Crippen LogP contribution in [0.4, 0.5) is 0 Å². The molecule has 0 heterocycles. The van der Waals surface area contributed by atoms with Crippen molar-refractivity contribution in [2.75, 3.05) is 0 Å². The molecule has 4 N–H and O–H groups in total. The van der Waals surface area contributed by atoms with Crippen LogP contribution in [-0.2, 0) is 4.79 Å². The molecule has 2 atom stereocenters. The normalized spacial score (nSPS) is 15.4. The fourth-order valence-corrected chi connectivity index (χ4v) is 0.206. The van der Waals surface area contributed by atoms with Crippen molar-refractivity contribution in [1.82, 2.24) is 0 Å². The molecule has 9 heavy (non-hydrogen) atoms. The van der Waals surface area contributed by atoms with Crippen molar-refractivity contribution in [3.05, 3.63) is 0 Å². The average Bonchev–Trinajstić information content (AvgIpc) is 1.64. The van der Waals surface area contributed by atoms with Crippen LogP contribution in [0.3, 0.4) is 0 Å². The van der Waals surface area contributed by atoms with Crippen LogP contribution >= 0.6 is 0 Å². The summed E-state index contributed by atoms with van der Waals surface area (Å²) in [6, 6.07) is -1.16. The number of carboxylic acids is 1. The maximum absolute atomic E-state index is 9.86. The molecule has 0 bridgehead atoms. The third-order valence-corrected chi connectivity index (χ3v) is 0.805. The molecule has 0 aliphatic rings. The summed E-state index contributed by atoms with van der Waals surface area (Å²) in [7, 11) is 0. The molecule has 0 aromatic rings. The molecule has 0 amide bonds. The van der Waals surface area contributed by atoms with Crippen LogP contribution in [0.2, 0.25) is 0 Å². The molecule has 0 spiro atoms. The molecule has 5 heteroatoms. The van der Waals surface area contributed by atoms with E-state index in [1.807, 2.05) is 0 Å². The Balaban J connectivity index is 0. The molecule has 0 rings (SSSR count). The van der Waals surface area contributed by atoms with Gasteiger partial charge in [0, 0.05) is 0 Å². The van der Waals surface area contributed by atoms with Crippen molar-refractivity contribution in [2.24, 2.45) is 5.73 Å². The second-order valence-corrected chi connectivity index (χ2v) is 1.60. The van der Waals surface area contributed by atoms with Crippen molar-refractivity contribution in [2.45, 2.75) is 19.1 Å². The number of hydrogen-bond donors (Lipinski definition) is 3. The van der Waals surface area contributed by atoms with Crippen LogP contribution in [0.1, 0.15) is 6.92 Å². The van der Waals surface area contributed by atoms with E-state index in [1.165, 1.54) is 6.92 Å². The molecule has 0 saturated carbocycles. The number of carboxylic acid groups (broad SMARTS) is 1. The van der Waals surface area contributed by atoms with E-state index < -0.39 is 18.1 Å². The Morgan fingerprint density at radius 1 is 1.67 bits per heavy atom. The zero-order valence-corrected chi connectivity index (χ0v) is 4.53. The molecule has 0 aliphatic heterocycles. The number of rotatable bonds is 2. The summed E-state index contributed by atoms with van der Waals surface area (Å²) in [6.45, 7) is 1.33. The first-order valence-electron chi connectivity index (χ1n) is 2.22. The zero-order valence-electron chi connectivity index (χ0n) is 4.53. The van der Waals surface area contributed by atoms with E-state index in [9.17, 15) is 4.79 Å². The molecule has 0 aromatic carbocycles. The van der Waals surface area contributed by atoms with Crippen LogP contribution in [0.15, 0.2) is 0 Å². The van der Waals surface area contributed by atoms with Crippen molar-refractivity contribution in [3.8, 4) is 0 Å². The van der Waals surface area contributed by atoms with Gasteiger partial charge in [0.2, 0.25) is 0 Å². The number of aliphatic carboxylic acids is 1. The first kappa shape index (κ1) is 11.7. The average molecular weight is 127 g/mol. The molecule has 0 unspecified atom stereocenters. The summed E-state index contributed by atoms with van der Waals surface area (Å²) in [5, 5.41) is 16.6. The number of carbonyl (C=O) groups is 1. The monoisotopic (exact) mass is 127 g/mol. The van der Waals surface area contributed by atoms with Gasteiger partial charge in [-0.25, -0.2) is 0 Å². The van der Waals surface area contributed by atoms with E-state index in [0.717, 1.165) is 0 Å². The Bertz CT molecular complexity index is 95.8. The fraction of sp³-hybridized carbons (Fsp3) is 0.750. The van der Waals surface area contributed by atoms with Crippen molar-refractivity contribution in [3.63, 3.8) is 0 Å². The molecular formula is C4H10LiNO3. The topological polar surface area (TPSA) is 83.5 Å². The van der Waals surface area contributed by atoms with Gasteiger partial charge in [0.15, 0.2) is 0 Å². The van der Waals surface area contributed by atoms with Gasteiger partial charge in [-0.05, 0) is 6.92 Å². The molecule has 0 saturated heterocycles. The van der Waals surface area contributed by atoms with Crippen molar-refractivity contribution in [1.29, 1.82) is 0 Å². The van der Waals surface area contributed by atoms with Crippen LogP contribution < -0.4 is 5.73 Å². The Labute approximate surface area is 65.2 Å². The quantitative estimate of drug-likeness (QED) is 0.379. The van der Waals surface area contributed by atoms with Crippen LogP contribution in [0.25, 0.3) is 0 Å². The van der Waals surface area contributed by atoms with Gasteiger partial charge in [0.25, 0.3) is 0 Å². The molecule has 4 nitrogen and oxygen atoms in total. The van der Waals surface area contributed by atoms with Gasteiger partial charge in [-0.3, -0.25) is 4.79 Å². The van der Waals surface area contributed by atoms with E-state index in [0.29, 0.717) is 0 Å². The van der Waals surface area contributed by atoms with Gasteiger partial charge in [0.1, 0.15) is 6.04 Å². The Hall–Kier alpha value is -0.0126. The van der Waals surface area contributed by atoms with Gasteiger partial charge in [-0.1, -0.05) is 0 Å². The molecule has 0 fully saturated rings. The predicted octanol–water partition coefficient (Wildman–Crippen LogP) is -1.87. The number of aliphatic hydroxyl groups is 1. The van der Waals surface area contributed by atoms with Gasteiger partial charge < -0.3 is 15.9 Å². The van der Waals surface area contributed by atoms with Crippen LogP contribution in [0, 0.1) is 0 Å². The molecule has 0 aliphatic carbocycles. The van der Waals surface area contributed by atoms with Crippen molar-refractivity contribution < 1.29 is 15.0 Å². The second kappa shape index (κ2) is 4.83.